The number of hydrogen-bond acceptors (Lipinski definition) is 7. The number of halogens is 1. The van der Waals surface area contributed by atoms with Gasteiger partial charge in [-0.1, -0.05) is 11.6 Å². The van der Waals surface area contributed by atoms with Crippen LogP contribution in [0, 0.1) is 0 Å². The molecule has 1 aromatic carbocycles. The van der Waals surface area contributed by atoms with Crippen molar-refractivity contribution in [1.82, 2.24) is 19.6 Å². The van der Waals surface area contributed by atoms with E-state index in [-0.39, 0.29) is 24.4 Å². The number of benzene rings is 1. The minimum absolute atomic E-state index is 0.0858. The van der Waals surface area contributed by atoms with E-state index in [1.54, 1.807) is 0 Å². The van der Waals surface area contributed by atoms with Gasteiger partial charge in [0.05, 0.1) is 10.6 Å². The fraction of sp³-hybridized carbons (Fsp3) is 0.389. The Morgan fingerprint density at radius 1 is 1.12 bits per heavy atom. The fourth-order valence-electron chi connectivity index (χ4n) is 2.65. The number of hydrogen-bond donors (Lipinski definition) is 3. The van der Waals surface area contributed by atoms with E-state index >= 15 is 0 Å². The Balaban J connectivity index is 2.04. The van der Waals surface area contributed by atoms with Crippen LogP contribution in [0.5, 0.6) is 0 Å². The second kappa shape index (κ2) is 10.9. The monoisotopic (exact) mass is 506 g/mol. The van der Waals surface area contributed by atoms with Crippen molar-refractivity contribution in [2.45, 2.75) is 30.3 Å². The van der Waals surface area contributed by atoms with Crippen molar-refractivity contribution in [3.63, 3.8) is 0 Å². The Morgan fingerprint density at radius 2 is 1.78 bits per heavy atom. The molecule has 32 heavy (non-hydrogen) atoms. The number of aromatic nitrogens is 2. The van der Waals surface area contributed by atoms with Gasteiger partial charge in [-0.05, 0) is 37.1 Å². The zero-order valence-electron chi connectivity index (χ0n) is 17.1. The third kappa shape index (κ3) is 8.22. The molecule has 1 atom stereocenters. The lowest BCUT2D eigenvalue weighted by Crippen LogP contribution is -2.47. The molecule has 0 radical (unpaired) electrons. The number of aromatic amines is 1. The molecule has 0 aliphatic rings. The number of carbonyl (C=O) groups is 1. The van der Waals surface area contributed by atoms with E-state index in [9.17, 15) is 31.2 Å². The molecule has 0 aliphatic carbocycles. The molecule has 2 aromatic rings. The average molecular weight is 507 g/mol. The van der Waals surface area contributed by atoms with Crippen molar-refractivity contribution in [1.29, 1.82) is 0 Å². The summed E-state index contributed by atoms with van der Waals surface area (Å²) in [6.45, 7) is 0.281. The molecule has 14 heteroatoms. The van der Waals surface area contributed by atoms with Gasteiger partial charge in [0, 0.05) is 36.6 Å². The quantitative estimate of drug-likeness (QED) is 0.345. The van der Waals surface area contributed by atoms with Gasteiger partial charge in [0.25, 0.3) is 5.56 Å². The van der Waals surface area contributed by atoms with E-state index in [2.05, 4.69) is 15.0 Å². The van der Waals surface area contributed by atoms with E-state index in [1.165, 1.54) is 41.1 Å². The Labute approximate surface area is 189 Å². The number of carbonyl (C=O) groups excluding carboxylic acids is 1. The maximum atomic E-state index is 12.6. The number of sulfonamides is 1. The van der Waals surface area contributed by atoms with Gasteiger partial charge in [-0.25, -0.2) is 21.6 Å². The summed E-state index contributed by atoms with van der Waals surface area (Å²) >= 11 is 5.77. The van der Waals surface area contributed by atoms with E-state index < -0.39 is 48.8 Å². The number of nitrogens with one attached hydrogen (secondary N) is 3. The average Bonchev–Trinajstić information content (AvgIpc) is 2.69. The lowest BCUT2D eigenvalue weighted by atomic mass is 10.2. The standard InChI is InChI=1S/C18H23ClN4O7S2/c1-31(27,28)12-8-15(22-32(29,30)14-5-3-13(19)4-6-14)17(25)20-9-2-10-23-11-7-16(24)21-18(23)26/h3-7,11,15,22H,2,8-10,12H2,1H3,(H,20,25)(H,21,24,26). The van der Waals surface area contributed by atoms with E-state index in [0.717, 1.165) is 6.26 Å². The van der Waals surface area contributed by atoms with Crippen LogP contribution in [-0.2, 0) is 31.2 Å². The van der Waals surface area contributed by atoms with Crippen molar-refractivity contribution in [2.75, 3.05) is 18.6 Å². The molecule has 1 heterocycles. The third-order valence-corrected chi connectivity index (χ3v) is 7.00. The predicted molar refractivity (Wildman–Crippen MR) is 119 cm³/mol. The SMILES string of the molecule is CS(=O)(=O)CCC(NS(=O)(=O)c1ccc(Cl)cc1)C(=O)NCCCn1ccc(=O)[nH]c1=O. The molecule has 0 saturated heterocycles. The Morgan fingerprint density at radius 3 is 2.38 bits per heavy atom. The maximum absolute atomic E-state index is 12.6. The van der Waals surface area contributed by atoms with Gasteiger partial charge in [0.2, 0.25) is 15.9 Å². The number of H-pyrrole nitrogens is 1. The van der Waals surface area contributed by atoms with Crippen molar-refractivity contribution >= 4 is 37.4 Å². The summed E-state index contributed by atoms with van der Waals surface area (Å²) in [6.07, 6.45) is 2.34. The fourth-order valence-corrected chi connectivity index (χ4v) is 4.67. The van der Waals surface area contributed by atoms with Crippen LogP contribution in [0.15, 0.2) is 51.0 Å². The molecule has 0 fully saturated rings. The Bertz CT molecular complexity index is 1270. The number of nitrogens with zero attached hydrogens (tertiary/aromatic N) is 1. The lowest BCUT2D eigenvalue weighted by Gasteiger charge is -2.18. The zero-order valence-corrected chi connectivity index (χ0v) is 19.5. The topological polar surface area (TPSA) is 164 Å². The summed E-state index contributed by atoms with van der Waals surface area (Å²) in [6, 6.07) is 5.13. The van der Waals surface area contributed by atoms with Gasteiger partial charge < -0.3 is 9.88 Å². The molecule has 1 amide bonds. The molecule has 1 aromatic heterocycles. The molecule has 0 spiro atoms. The summed E-state index contributed by atoms with van der Waals surface area (Å²) in [5.74, 6) is -1.11. The summed E-state index contributed by atoms with van der Waals surface area (Å²) in [5, 5.41) is 2.86. The maximum Gasteiger partial charge on any atom is 0.328 e. The second-order valence-corrected chi connectivity index (χ2v) is 11.4. The Hall–Kier alpha value is -2.48. The van der Waals surface area contributed by atoms with Crippen molar-refractivity contribution in [2.24, 2.45) is 0 Å². The molecule has 2 rings (SSSR count). The first-order chi connectivity index (χ1) is 14.9. The highest BCUT2D eigenvalue weighted by Crippen LogP contribution is 2.15. The first-order valence-corrected chi connectivity index (χ1v) is 13.3. The first-order valence-electron chi connectivity index (χ1n) is 9.40. The largest absolute Gasteiger partial charge is 0.355 e. The minimum atomic E-state index is -4.12. The molecule has 1 unspecified atom stereocenters. The van der Waals surface area contributed by atoms with Gasteiger partial charge in [-0.3, -0.25) is 14.6 Å². The third-order valence-electron chi connectivity index (χ3n) is 4.29. The summed E-state index contributed by atoms with van der Waals surface area (Å²) in [5.41, 5.74) is -1.12. The van der Waals surface area contributed by atoms with Crippen LogP contribution in [0.2, 0.25) is 5.02 Å². The number of aryl methyl sites for hydroxylation is 1. The van der Waals surface area contributed by atoms with Crippen LogP contribution in [0.4, 0.5) is 0 Å². The van der Waals surface area contributed by atoms with Gasteiger partial charge in [0.1, 0.15) is 15.9 Å². The molecule has 11 nitrogen and oxygen atoms in total. The Kier molecular flexibility index (Phi) is 8.78. The zero-order chi connectivity index (χ0) is 23.9. The van der Waals surface area contributed by atoms with Crippen molar-refractivity contribution < 1.29 is 21.6 Å². The van der Waals surface area contributed by atoms with Crippen LogP contribution in [0.3, 0.4) is 0 Å². The normalized spacial score (nSPS) is 12.9. The van der Waals surface area contributed by atoms with Crippen LogP contribution in [0.25, 0.3) is 0 Å². The predicted octanol–water partition coefficient (Wildman–Crippen LogP) is -0.522. The number of amides is 1. The van der Waals surface area contributed by atoms with Crippen molar-refractivity contribution in [3.05, 3.63) is 62.4 Å². The number of rotatable bonds is 11. The summed E-state index contributed by atoms with van der Waals surface area (Å²) in [4.78, 5) is 37.3. The van der Waals surface area contributed by atoms with E-state index in [0.29, 0.717) is 11.4 Å². The van der Waals surface area contributed by atoms with Crippen LogP contribution in [0.1, 0.15) is 12.8 Å². The van der Waals surface area contributed by atoms with E-state index in [4.69, 9.17) is 11.6 Å². The smallest absolute Gasteiger partial charge is 0.328 e. The number of sulfone groups is 1. The highest BCUT2D eigenvalue weighted by molar-refractivity contribution is 7.90. The molecular weight excluding hydrogens is 484 g/mol. The first kappa shape index (κ1) is 25.8. The summed E-state index contributed by atoms with van der Waals surface area (Å²) < 4.78 is 51.8. The minimum Gasteiger partial charge on any atom is -0.355 e. The van der Waals surface area contributed by atoms with Gasteiger partial charge in [-0.2, -0.15) is 4.72 Å². The molecular formula is C18H23ClN4O7S2. The van der Waals surface area contributed by atoms with Crippen molar-refractivity contribution in [3.8, 4) is 0 Å². The van der Waals surface area contributed by atoms with Gasteiger partial charge >= 0.3 is 5.69 Å². The van der Waals surface area contributed by atoms with Gasteiger partial charge in [0.15, 0.2) is 0 Å². The highest BCUT2D eigenvalue weighted by atomic mass is 35.5. The van der Waals surface area contributed by atoms with Crippen LogP contribution in [-0.4, -0.2) is 56.9 Å². The molecule has 0 saturated carbocycles. The summed E-state index contributed by atoms with van der Waals surface area (Å²) in [7, 11) is -7.56. The van der Waals surface area contributed by atoms with Gasteiger partial charge in [-0.15, -0.1) is 0 Å². The van der Waals surface area contributed by atoms with Crippen LogP contribution < -0.4 is 21.3 Å². The molecule has 0 aliphatic heterocycles. The van der Waals surface area contributed by atoms with E-state index in [1.807, 2.05) is 0 Å². The molecule has 3 N–H and O–H groups in total. The highest BCUT2D eigenvalue weighted by Gasteiger charge is 2.26. The molecule has 176 valence electrons. The van der Waals surface area contributed by atoms with Crippen LogP contribution >= 0.6 is 11.6 Å². The molecule has 0 bridgehead atoms. The second-order valence-electron chi connectivity index (χ2n) is 6.99. The lowest BCUT2D eigenvalue weighted by molar-refractivity contribution is -0.122.